The minimum atomic E-state index is -0.166. The van der Waals surface area contributed by atoms with Crippen molar-refractivity contribution in [2.45, 2.75) is 13.0 Å². The van der Waals surface area contributed by atoms with Crippen molar-refractivity contribution in [2.75, 3.05) is 5.32 Å². The molecule has 3 nitrogen and oxygen atoms in total. The summed E-state index contributed by atoms with van der Waals surface area (Å²) in [6.07, 6.45) is 1.66. The molecule has 0 unspecified atom stereocenters. The summed E-state index contributed by atoms with van der Waals surface area (Å²) < 4.78 is 5.57. The van der Waals surface area contributed by atoms with Crippen LogP contribution >= 0.6 is 23.8 Å². The van der Waals surface area contributed by atoms with Crippen LogP contribution in [0.4, 0.5) is 5.69 Å². The maximum Gasteiger partial charge on any atom is 0.171 e. The lowest BCUT2D eigenvalue weighted by Gasteiger charge is -2.20. The fourth-order valence-electron chi connectivity index (χ4n) is 2.45. The molecule has 1 heterocycles. The van der Waals surface area contributed by atoms with Crippen LogP contribution in [0.5, 0.6) is 0 Å². The van der Waals surface area contributed by atoms with Gasteiger partial charge in [0.1, 0.15) is 11.8 Å². The van der Waals surface area contributed by atoms with E-state index in [-0.39, 0.29) is 6.04 Å². The summed E-state index contributed by atoms with van der Waals surface area (Å²) in [6, 6.07) is 19.4. The Kier molecular flexibility index (Phi) is 5.18. The Morgan fingerprint density at radius 1 is 1.04 bits per heavy atom. The highest BCUT2D eigenvalue weighted by molar-refractivity contribution is 7.80. The van der Waals surface area contributed by atoms with Crippen molar-refractivity contribution < 1.29 is 4.42 Å². The van der Waals surface area contributed by atoms with Crippen LogP contribution in [0.2, 0.25) is 5.02 Å². The van der Waals surface area contributed by atoms with E-state index >= 15 is 0 Å². The molecule has 0 bridgehead atoms. The summed E-state index contributed by atoms with van der Waals surface area (Å²) in [5.41, 5.74) is 2.91. The van der Waals surface area contributed by atoms with E-state index in [2.05, 4.69) is 10.6 Å². The first-order valence-corrected chi connectivity index (χ1v) is 8.35. The largest absolute Gasteiger partial charge is 0.467 e. The van der Waals surface area contributed by atoms with E-state index < -0.39 is 0 Å². The Hall–Kier alpha value is -2.30. The van der Waals surface area contributed by atoms with Crippen molar-refractivity contribution in [3.63, 3.8) is 0 Å². The summed E-state index contributed by atoms with van der Waals surface area (Å²) in [4.78, 5) is 0. The highest BCUT2D eigenvalue weighted by Gasteiger charge is 2.18. The fraction of sp³-hybridized carbons (Fsp3) is 0.105. The second kappa shape index (κ2) is 7.51. The molecule has 0 saturated heterocycles. The van der Waals surface area contributed by atoms with E-state index in [1.54, 1.807) is 6.26 Å². The molecule has 1 aromatic heterocycles. The van der Waals surface area contributed by atoms with Gasteiger partial charge in [-0.25, -0.2) is 0 Å². The Bertz CT molecular complexity index is 819. The second-order valence-electron chi connectivity index (χ2n) is 5.37. The molecule has 0 aliphatic rings. The molecule has 122 valence electrons. The number of rotatable bonds is 4. The molecule has 0 amide bonds. The molecular weight excluding hydrogens is 340 g/mol. The fourth-order valence-corrected chi connectivity index (χ4v) is 2.85. The lowest BCUT2D eigenvalue weighted by atomic mass is 10.1. The molecule has 0 aliphatic carbocycles. The van der Waals surface area contributed by atoms with Crippen LogP contribution in [-0.4, -0.2) is 5.11 Å². The first kappa shape index (κ1) is 16.6. The molecule has 5 heteroatoms. The van der Waals surface area contributed by atoms with Gasteiger partial charge >= 0.3 is 0 Å². The van der Waals surface area contributed by atoms with Crippen LogP contribution < -0.4 is 10.6 Å². The van der Waals surface area contributed by atoms with Crippen LogP contribution in [0, 0.1) is 6.92 Å². The maximum absolute atomic E-state index is 6.16. The van der Waals surface area contributed by atoms with Gasteiger partial charge in [-0.05, 0) is 54.5 Å². The number of furan rings is 1. The molecular formula is C19H17ClN2OS. The van der Waals surface area contributed by atoms with Gasteiger partial charge in [0.15, 0.2) is 5.11 Å². The molecule has 2 aromatic carbocycles. The van der Waals surface area contributed by atoms with Crippen molar-refractivity contribution in [3.05, 3.63) is 88.8 Å². The van der Waals surface area contributed by atoms with E-state index in [0.29, 0.717) is 10.1 Å². The predicted octanol–water partition coefficient (Wildman–Crippen LogP) is 5.32. The van der Waals surface area contributed by atoms with Gasteiger partial charge in [0, 0.05) is 10.7 Å². The van der Waals surface area contributed by atoms with E-state index in [1.807, 2.05) is 67.6 Å². The number of anilines is 1. The molecule has 0 fully saturated rings. The average Bonchev–Trinajstić information content (AvgIpc) is 3.12. The van der Waals surface area contributed by atoms with E-state index in [4.69, 9.17) is 28.2 Å². The highest BCUT2D eigenvalue weighted by atomic mass is 35.5. The molecule has 0 saturated carbocycles. The SMILES string of the molecule is Cc1c(Cl)cccc1NC(=S)N[C@@H](c1ccccc1)c1ccco1. The van der Waals surface area contributed by atoms with Crippen LogP contribution in [0.15, 0.2) is 71.3 Å². The summed E-state index contributed by atoms with van der Waals surface area (Å²) in [7, 11) is 0. The van der Waals surface area contributed by atoms with Gasteiger partial charge < -0.3 is 15.1 Å². The van der Waals surface area contributed by atoms with Gasteiger partial charge in [-0.3, -0.25) is 0 Å². The number of hydrogen-bond acceptors (Lipinski definition) is 2. The normalized spacial score (nSPS) is 11.8. The third-order valence-corrected chi connectivity index (χ3v) is 4.38. The lowest BCUT2D eigenvalue weighted by molar-refractivity contribution is 0.476. The minimum Gasteiger partial charge on any atom is -0.467 e. The van der Waals surface area contributed by atoms with Crippen molar-refractivity contribution in [1.82, 2.24) is 5.32 Å². The average molecular weight is 357 g/mol. The number of halogens is 1. The van der Waals surface area contributed by atoms with Gasteiger partial charge in [0.25, 0.3) is 0 Å². The number of benzene rings is 2. The molecule has 0 aliphatic heterocycles. The highest BCUT2D eigenvalue weighted by Crippen LogP contribution is 2.25. The quantitative estimate of drug-likeness (QED) is 0.620. The molecule has 0 radical (unpaired) electrons. The van der Waals surface area contributed by atoms with Gasteiger partial charge in [-0.15, -0.1) is 0 Å². The molecule has 3 aromatic rings. The monoisotopic (exact) mass is 356 g/mol. The summed E-state index contributed by atoms with van der Waals surface area (Å²) in [5, 5.41) is 7.73. The van der Waals surface area contributed by atoms with Crippen LogP contribution in [0.25, 0.3) is 0 Å². The molecule has 0 spiro atoms. The molecule has 24 heavy (non-hydrogen) atoms. The van der Waals surface area contributed by atoms with Gasteiger partial charge in [-0.1, -0.05) is 48.0 Å². The Morgan fingerprint density at radius 3 is 2.54 bits per heavy atom. The Balaban J connectivity index is 1.80. The van der Waals surface area contributed by atoms with Crippen LogP contribution in [0.3, 0.4) is 0 Å². The summed E-state index contributed by atoms with van der Waals surface area (Å²) >= 11 is 11.6. The zero-order valence-electron chi connectivity index (χ0n) is 13.1. The van der Waals surface area contributed by atoms with Gasteiger partial charge in [0.05, 0.1) is 6.26 Å². The predicted molar refractivity (Wildman–Crippen MR) is 103 cm³/mol. The van der Waals surface area contributed by atoms with Crippen molar-refractivity contribution >= 4 is 34.6 Å². The topological polar surface area (TPSA) is 37.2 Å². The first-order valence-electron chi connectivity index (χ1n) is 7.56. The minimum absolute atomic E-state index is 0.166. The zero-order valence-corrected chi connectivity index (χ0v) is 14.7. The molecule has 2 N–H and O–H groups in total. The first-order chi connectivity index (χ1) is 11.6. The van der Waals surface area contributed by atoms with E-state index in [1.165, 1.54) is 0 Å². The van der Waals surface area contributed by atoms with E-state index in [9.17, 15) is 0 Å². The standard InChI is InChI=1S/C19H17ClN2OS/c1-13-15(20)9-5-10-16(13)21-19(24)22-18(17-11-6-12-23-17)14-7-3-2-4-8-14/h2-12,18H,1H3,(H2,21,22,24)/t18-/m0/s1. The summed E-state index contributed by atoms with van der Waals surface area (Å²) in [5.74, 6) is 0.799. The second-order valence-corrected chi connectivity index (χ2v) is 6.19. The Morgan fingerprint density at radius 2 is 1.83 bits per heavy atom. The van der Waals surface area contributed by atoms with E-state index in [0.717, 1.165) is 22.6 Å². The number of hydrogen-bond donors (Lipinski definition) is 2. The lowest BCUT2D eigenvalue weighted by Crippen LogP contribution is -2.33. The van der Waals surface area contributed by atoms with Crippen LogP contribution in [-0.2, 0) is 0 Å². The molecule has 3 rings (SSSR count). The van der Waals surface area contributed by atoms with Crippen molar-refractivity contribution in [1.29, 1.82) is 0 Å². The third kappa shape index (κ3) is 3.78. The molecule has 1 atom stereocenters. The maximum atomic E-state index is 6.16. The number of thiocarbonyl (C=S) groups is 1. The van der Waals surface area contributed by atoms with Crippen LogP contribution in [0.1, 0.15) is 22.9 Å². The zero-order chi connectivity index (χ0) is 16.9. The van der Waals surface area contributed by atoms with Gasteiger partial charge in [-0.2, -0.15) is 0 Å². The van der Waals surface area contributed by atoms with Gasteiger partial charge in [0.2, 0.25) is 0 Å². The van der Waals surface area contributed by atoms with Crippen molar-refractivity contribution in [3.8, 4) is 0 Å². The number of nitrogens with one attached hydrogen (secondary N) is 2. The summed E-state index contributed by atoms with van der Waals surface area (Å²) in [6.45, 7) is 1.95. The smallest absolute Gasteiger partial charge is 0.171 e. The van der Waals surface area contributed by atoms with Crippen molar-refractivity contribution in [2.24, 2.45) is 0 Å². The third-order valence-electron chi connectivity index (χ3n) is 3.75. The Labute approximate surface area is 151 Å².